The lowest BCUT2D eigenvalue weighted by Gasteiger charge is -2.20. The van der Waals surface area contributed by atoms with Crippen molar-refractivity contribution in [2.75, 3.05) is 18.6 Å². The van der Waals surface area contributed by atoms with E-state index in [4.69, 9.17) is 4.74 Å². The highest BCUT2D eigenvalue weighted by Crippen LogP contribution is 2.41. The smallest absolute Gasteiger partial charge is 0.120 e. The zero-order valence-electron chi connectivity index (χ0n) is 12.9. The van der Waals surface area contributed by atoms with Crippen molar-refractivity contribution >= 4 is 12.0 Å². The summed E-state index contributed by atoms with van der Waals surface area (Å²) in [7, 11) is 1.69. The SMILES string of the molecule is COc1ccc2c(c1)C(CCC=O)CN2Cc1ccccc1. The first-order valence-electron chi connectivity index (χ1n) is 7.72. The first-order chi connectivity index (χ1) is 10.8. The summed E-state index contributed by atoms with van der Waals surface area (Å²) < 4.78 is 5.36. The normalized spacial score (nSPS) is 16.4. The molecule has 0 saturated carbocycles. The van der Waals surface area contributed by atoms with E-state index in [2.05, 4.69) is 41.3 Å². The summed E-state index contributed by atoms with van der Waals surface area (Å²) in [5.41, 5.74) is 3.87. The van der Waals surface area contributed by atoms with E-state index in [1.165, 1.54) is 16.8 Å². The minimum atomic E-state index is 0.402. The molecule has 0 radical (unpaired) electrons. The summed E-state index contributed by atoms with van der Waals surface area (Å²) in [5, 5.41) is 0. The van der Waals surface area contributed by atoms with Gasteiger partial charge in [0.1, 0.15) is 12.0 Å². The van der Waals surface area contributed by atoms with Gasteiger partial charge in [0, 0.05) is 31.1 Å². The van der Waals surface area contributed by atoms with E-state index in [-0.39, 0.29) is 0 Å². The number of anilines is 1. The predicted octanol–water partition coefficient (Wildman–Crippen LogP) is 3.78. The molecule has 2 aromatic rings. The van der Waals surface area contributed by atoms with E-state index in [0.717, 1.165) is 31.5 Å². The van der Waals surface area contributed by atoms with Crippen LogP contribution in [0, 0.1) is 0 Å². The van der Waals surface area contributed by atoms with Crippen LogP contribution in [0.3, 0.4) is 0 Å². The Morgan fingerprint density at radius 3 is 2.77 bits per heavy atom. The molecule has 1 aliphatic rings. The molecule has 1 aliphatic heterocycles. The lowest BCUT2D eigenvalue weighted by molar-refractivity contribution is -0.108. The van der Waals surface area contributed by atoms with Gasteiger partial charge >= 0.3 is 0 Å². The van der Waals surface area contributed by atoms with Crippen LogP contribution in [-0.2, 0) is 11.3 Å². The van der Waals surface area contributed by atoms with E-state index < -0.39 is 0 Å². The molecule has 0 spiro atoms. The average Bonchev–Trinajstić information content (AvgIpc) is 2.91. The van der Waals surface area contributed by atoms with Crippen molar-refractivity contribution in [3.63, 3.8) is 0 Å². The minimum Gasteiger partial charge on any atom is -0.497 e. The van der Waals surface area contributed by atoms with E-state index in [1.54, 1.807) is 7.11 Å². The minimum absolute atomic E-state index is 0.402. The number of fused-ring (bicyclic) bond motifs is 1. The first-order valence-corrected chi connectivity index (χ1v) is 7.72. The molecule has 0 amide bonds. The fourth-order valence-electron chi connectivity index (χ4n) is 3.21. The fraction of sp³-hybridized carbons (Fsp3) is 0.316. The van der Waals surface area contributed by atoms with Crippen molar-refractivity contribution in [3.05, 3.63) is 59.7 Å². The Hall–Kier alpha value is -2.29. The number of ether oxygens (including phenoxy) is 1. The van der Waals surface area contributed by atoms with Gasteiger partial charge < -0.3 is 14.4 Å². The molecule has 0 bridgehead atoms. The van der Waals surface area contributed by atoms with E-state index in [9.17, 15) is 4.79 Å². The number of carbonyl (C=O) groups is 1. The molecule has 3 heteroatoms. The second kappa shape index (κ2) is 6.65. The number of rotatable bonds is 6. The third-order valence-corrected chi connectivity index (χ3v) is 4.31. The van der Waals surface area contributed by atoms with Crippen molar-refractivity contribution in [2.45, 2.75) is 25.3 Å². The van der Waals surface area contributed by atoms with Gasteiger partial charge in [0.2, 0.25) is 0 Å². The Morgan fingerprint density at radius 2 is 2.05 bits per heavy atom. The molecule has 22 heavy (non-hydrogen) atoms. The van der Waals surface area contributed by atoms with Gasteiger partial charge in [0.15, 0.2) is 0 Å². The number of methoxy groups -OCH3 is 1. The van der Waals surface area contributed by atoms with Crippen LogP contribution in [0.25, 0.3) is 0 Å². The molecule has 0 saturated heterocycles. The second-order valence-electron chi connectivity index (χ2n) is 5.73. The lowest BCUT2D eigenvalue weighted by Crippen LogP contribution is -2.21. The highest BCUT2D eigenvalue weighted by atomic mass is 16.5. The van der Waals surface area contributed by atoms with Crippen LogP contribution in [0.5, 0.6) is 5.75 Å². The molecule has 0 N–H and O–H groups in total. The molecule has 1 unspecified atom stereocenters. The Balaban J connectivity index is 1.86. The van der Waals surface area contributed by atoms with E-state index in [0.29, 0.717) is 12.3 Å². The summed E-state index contributed by atoms with van der Waals surface area (Å²) in [6.45, 7) is 1.86. The van der Waals surface area contributed by atoms with Crippen LogP contribution in [0.1, 0.15) is 29.9 Å². The summed E-state index contributed by atoms with van der Waals surface area (Å²) in [6.07, 6.45) is 2.52. The second-order valence-corrected chi connectivity index (χ2v) is 5.73. The standard InChI is InChI=1S/C19H21NO2/c1-22-17-9-10-19-18(12-17)16(8-5-11-21)14-20(19)13-15-6-3-2-4-7-15/h2-4,6-7,9-12,16H,5,8,13-14H2,1H3. The van der Waals surface area contributed by atoms with Crippen molar-refractivity contribution in [1.29, 1.82) is 0 Å². The Bertz CT molecular complexity index is 639. The summed E-state index contributed by atoms with van der Waals surface area (Å²) in [4.78, 5) is 13.1. The van der Waals surface area contributed by atoms with Gasteiger partial charge in [-0.3, -0.25) is 0 Å². The molecule has 0 aromatic heterocycles. The number of carbonyl (C=O) groups excluding carboxylic acids is 1. The molecule has 2 aromatic carbocycles. The van der Waals surface area contributed by atoms with E-state index >= 15 is 0 Å². The molecule has 114 valence electrons. The van der Waals surface area contributed by atoms with Crippen LogP contribution < -0.4 is 9.64 Å². The summed E-state index contributed by atoms with van der Waals surface area (Å²) in [6, 6.07) is 16.8. The average molecular weight is 295 g/mol. The molecule has 3 rings (SSSR count). The maximum Gasteiger partial charge on any atom is 0.120 e. The fourth-order valence-corrected chi connectivity index (χ4v) is 3.21. The van der Waals surface area contributed by atoms with Gasteiger partial charge in [-0.1, -0.05) is 30.3 Å². The number of benzene rings is 2. The van der Waals surface area contributed by atoms with Gasteiger partial charge in [-0.2, -0.15) is 0 Å². The number of nitrogens with zero attached hydrogens (tertiary/aromatic N) is 1. The van der Waals surface area contributed by atoms with Gasteiger partial charge in [-0.15, -0.1) is 0 Å². The molecular formula is C19H21NO2. The maximum absolute atomic E-state index is 10.7. The zero-order chi connectivity index (χ0) is 15.4. The monoisotopic (exact) mass is 295 g/mol. The zero-order valence-corrected chi connectivity index (χ0v) is 12.9. The van der Waals surface area contributed by atoms with Crippen molar-refractivity contribution < 1.29 is 9.53 Å². The number of aldehydes is 1. The summed E-state index contributed by atoms with van der Waals surface area (Å²) in [5.74, 6) is 1.29. The van der Waals surface area contributed by atoms with Crippen molar-refractivity contribution in [1.82, 2.24) is 0 Å². The topological polar surface area (TPSA) is 29.5 Å². The van der Waals surface area contributed by atoms with Crippen LogP contribution in [-0.4, -0.2) is 19.9 Å². The summed E-state index contributed by atoms with van der Waals surface area (Å²) >= 11 is 0. The quantitative estimate of drug-likeness (QED) is 0.760. The van der Waals surface area contributed by atoms with Gasteiger partial charge in [0.25, 0.3) is 0 Å². The molecule has 0 fully saturated rings. The molecule has 3 nitrogen and oxygen atoms in total. The molecular weight excluding hydrogens is 274 g/mol. The lowest BCUT2D eigenvalue weighted by atomic mass is 9.96. The van der Waals surface area contributed by atoms with Crippen LogP contribution in [0.4, 0.5) is 5.69 Å². The van der Waals surface area contributed by atoms with E-state index in [1.807, 2.05) is 12.1 Å². The van der Waals surface area contributed by atoms with Crippen LogP contribution in [0.2, 0.25) is 0 Å². The van der Waals surface area contributed by atoms with Crippen LogP contribution >= 0.6 is 0 Å². The van der Waals surface area contributed by atoms with Gasteiger partial charge in [-0.25, -0.2) is 0 Å². The third-order valence-electron chi connectivity index (χ3n) is 4.31. The molecule has 1 heterocycles. The predicted molar refractivity (Wildman–Crippen MR) is 88.5 cm³/mol. The third kappa shape index (κ3) is 2.98. The van der Waals surface area contributed by atoms with Gasteiger partial charge in [0.05, 0.1) is 7.11 Å². The number of hydrogen-bond donors (Lipinski definition) is 0. The molecule has 0 aliphatic carbocycles. The highest BCUT2D eigenvalue weighted by Gasteiger charge is 2.28. The Kier molecular flexibility index (Phi) is 4.42. The van der Waals surface area contributed by atoms with Gasteiger partial charge in [-0.05, 0) is 35.7 Å². The largest absolute Gasteiger partial charge is 0.497 e. The number of hydrogen-bond acceptors (Lipinski definition) is 3. The van der Waals surface area contributed by atoms with Crippen LogP contribution in [0.15, 0.2) is 48.5 Å². The highest BCUT2D eigenvalue weighted by molar-refractivity contribution is 5.63. The van der Waals surface area contributed by atoms with Crippen molar-refractivity contribution in [3.8, 4) is 5.75 Å². The maximum atomic E-state index is 10.7. The first kappa shape index (κ1) is 14.6. The van der Waals surface area contributed by atoms with Crippen molar-refractivity contribution in [2.24, 2.45) is 0 Å². The molecule has 1 atom stereocenters. The Labute approximate surface area is 131 Å². The Morgan fingerprint density at radius 1 is 1.23 bits per heavy atom.